The summed E-state index contributed by atoms with van der Waals surface area (Å²) in [5.41, 5.74) is 1.54. The van der Waals surface area contributed by atoms with Crippen LogP contribution in [0.15, 0.2) is 22.3 Å². The number of hydrogen-bond acceptors (Lipinski definition) is 5. The summed E-state index contributed by atoms with van der Waals surface area (Å²) in [7, 11) is 0. The molecule has 0 bridgehead atoms. The largest absolute Gasteiger partial charge is 0.478 e. The Morgan fingerprint density at radius 3 is 2.52 bits per heavy atom. The van der Waals surface area contributed by atoms with E-state index in [9.17, 15) is 9.90 Å². The fourth-order valence-electron chi connectivity index (χ4n) is 3.22. The monoisotopic (exact) mass is 368 g/mol. The van der Waals surface area contributed by atoms with E-state index in [-0.39, 0.29) is 11.6 Å². The van der Waals surface area contributed by atoms with Crippen molar-refractivity contribution in [2.75, 3.05) is 38.6 Å². The molecule has 1 saturated heterocycles. The summed E-state index contributed by atoms with van der Waals surface area (Å²) in [5, 5.41) is 10.7. The first-order valence-corrected chi connectivity index (χ1v) is 10.1. The number of ether oxygens (including phenoxy) is 1. The zero-order chi connectivity index (χ0) is 18.6. The SMILES string of the molecule is CCSC1=C(C(=O)O)C(C)=CC(N2CCOCC2)N1CCC(C)(C)C. The van der Waals surface area contributed by atoms with Crippen molar-refractivity contribution in [2.45, 2.75) is 47.2 Å². The van der Waals surface area contributed by atoms with Crippen LogP contribution >= 0.6 is 11.8 Å². The van der Waals surface area contributed by atoms with Crippen molar-refractivity contribution < 1.29 is 14.6 Å². The molecule has 1 N–H and O–H groups in total. The van der Waals surface area contributed by atoms with E-state index in [1.807, 2.05) is 6.92 Å². The van der Waals surface area contributed by atoms with Crippen LogP contribution in [0, 0.1) is 5.41 Å². The van der Waals surface area contributed by atoms with Crippen LogP contribution in [-0.2, 0) is 9.53 Å². The Labute approximate surface area is 156 Å². The van der Waals surface area contributed by atoms with E-state index in [1.165, 1.54) is 0 Å². The van der Waals surface area contributed by atoms with E-state index in [4.69, 9.17) is 4.74 Å². The molecule has 1 unspecified atom stereocenters. The molecule has 6 heteroatoms. The molecule has 5 nitrogen and oxygen atoms in total. The van der Waals surface area contributed by atoms with Gasteiger partial charge in [0.2, 0.25) is 0 Å². The summed E-state index contributed by atoms with van der Waals surface area (Å²) in [6.45, 7) is 14.8. The Morgan fingerprint density at radius 1 is 1.36 bits per heavy atom. The second-order valence-electron chi connectivity index (χ2n) is 7.83. The van der Waals surface area contributed by atoms with E-state index < -0.39 is 5.97 Å². The number of nitrogens with zero attached hydrogens (tertiary/aromatic N) is 2. The van der Waals surface area contributed by atoms with Crippen LogP contribution in [0.3, 0.4) is 0 Å². The van der Waals surface area contributed by atoms with Gasteiger partial charge in [0.15, 0.2) is 0 Å². The first-order valence-electron chi connectivity index (χ1n) is 9.12. The topological polar surface area (TPSA) is 53.0 Å². The fourth-order valence-corrected chi connectivity index (χ4v) is 4.25. The third-order valence-corrected chi connectivity index (χ3v) is 5.61. The van der Waals surface area contributed by atoms with Crippen LogP contribution in [0.1, 0.15) is 41.0 Å². The average Bonchev–Trinajstić information content (AvgIpc) is 2.53. The molecule has 2 aliphatic rings. The van der Waals surface area contributed by atoms with Gasteiger partial charge >= 0.3 is 5.97 Å². The summed E-state index contributed by atoms with van der Waals surface area (Å²) in [4.78, 5) is 16.6. The van der Waals surface area contributed by atoms with Gasteiger partial charge in [0.25, 0.3) is 0 Å². The first-order chi connectivity index (χ1) is 11.7. The molecule has 0 aliphatic carbocycles. The number of carbonyl (C=O) groups is 1. The minimum atomic E-state index is -0.828. The lowest BCUT2D eigenvalue weighted by Crippen LogP contribution is -2.53. The molecule has 1 atom stereocenters. The second-order valence-corrected chi connectivity index (χ2v) is 9.09. The lowest BCUT2D eigenvalue weighted by atomic mass is 9.91. The molecule has 0 aromatic rings. The van der Waals surface area contributed by atoms with Crippen molar-refractivity contribution in [3.05, 3.63) is 22.3 Å². The highest BCUT2D eigenvalue weighted by atomic mass is 32.2. The average molecular weight is 369 g/mol. The maximum atomic E-state index is 11.9. The van der Waals surface area contributed by atoms with Crippen LogP contribution in [0.25, 0.3) is 0 Å². The molecule has 0 aromatic heterocycles. The van der Waals surface area contributed by atoms with Crippen molar-refractivity contribution in [3.63, 3.8) is 0 Å². The van der Waals surface area contributed by atoms with Gasteiger partial charge in [-0.3, -0.25) is 4.90 Å². The van der Waals surface area contributed by atoms with Gasteiger partial charge in [0, 0.05) is 19.6 Å². The van der Waals surface area contributed by atoms with Crippen LogP contribution in [0.4, 0.5) is 0 Å². The van der Waals surface area contributed by atoms with Crippen molar-refractivity contribution >= 4 is 17.7 Å². The molecule has 0 radical (unpaired) electrons. The highest BCUT2D eigenvalue weighted by molar-refractivity contribution is 8.03. The minimum Gasteiger partial charge on any atom is -0.478 e. The van der Waals surface area contributed by atoms with Crippen molar-refractivity contribution in [1.82, 2.24) is 9.80 Å². The maximum absolute atomic E-state index is 11.9. The lowest BCUT2D eigenvalue weighted by Gasteiger charge is -2.45. The summed E-state index contributed by atoms with van der Waals surface area (Å²) in [6, 6.07) is 0. The van der Waals surface area contributed by atoms with Crippen molar-refractivity contribution in [2.24, 2.45) is 5.41 Å². The van der Waals surface area contributed by atoms with E-state index in [0.717, 1.165) is 55.6 Å². The zero-order valence-electron chi connectivity index (χ0n) is 16.2. The zero-order valence-corrected chi connectivity index (χ0v) is 17.0. The number of rotatable bonds is 6. The Balaban J connectivity index is 2.38. The van der Waals surface area contributed by atoms with Crippen LogP contribution in [-0.4, -0.2) is 65.6 Å². The summed E-state index contributed by atoms with van der Waals surface area (Å²) in [5.74, 6) is 0.0345. The minimum absolute atomic E-state index is 0.114. The Bertz CT molecular complexity index is 545. The van der Waals surface area contributed by atoms with E-state index in [1.54, 1.807) is 11.8 Å². The van der Waals surface area contributed by atoms with Gasteiger partial charge < -0.3 is 14.7 Å². The van der Waals surface area contributed by atoms with Gasteiger partial charge in [0.05, 0.1) is 23.8 Å². The number of aliphatic carboxylic acids is 1. The molecule has 2 aliphatic heterocycles. The number of thioether (sulfide) groups is 1. The third-order valence-electron chi connectivity index (χ3n) is 4.60. The first kappa shape index (κ1) is 20.3. The molecule has 0 saturated carbocycles. The molecule has 0 aromatic carbocycles. The van der Waals surface area contributed by atoms with Crippen LogP contribution in [0.5, 0.6) is 0 Å². The third kappa shape index (κ3) is 5.25. The standard InChI is InChI=1S/C19H32N2O3S/c1-6-25-17-16(18(22)23)14(2)13-15(20-9-11-24-12-10-20)21(17)8-7-19(3,4)5/h13,15H,6-12H2,1-5H3,(H,22,23). The summed E-state index contributed by atoms with van der Waals surface area (Å²) < 4.78 is 5.51. The van der Waals surface area contributed by atoms with Gasteiger partial charge in [-0.15, -0.1) is 11.8 Å². The van der Waals surface area contributed by atoms with Crippen LogP contribution < -0.4 is 0 Å². The number of carboxylic acid groups (broad SMARTS) is 1. The van der Waals surface area contributed by atoms with E-state index in [2.05, 4.69) is 43.6 Å². The normalized spacial score (nSPS) is 23.0. The predicted octanol–water partition coefficient (Wildman–Crippen LogP) is 3.39. The Hall–Kier alpha value is -0.980. The quantitative estimate of drug-likeness (QED) is 0.776. The number of morpholine rings is 1. The van der Waals surface area contributed by atoms with Gasteiger partial charge in [-0.2, -0.15) is 0 Å². The van der Waals surface area contributed by atoms with Gasteiger partial charge in [-0.1, -0.05) is 27.7 Å². The van der Waals surface area contributed by atoms with Gasteiger partial charge in [-0.25, -0.2) is 4.79 Å². The molecule has 25 heavy (non-hydrogen) atoms. The molecular weight excluding hydrogens is 336 g/mol. The molecule has 2 heterocycles. The maximum Gasteiger partial charge on any atom is 0.338 e. The summed E-state index contributed by atoms with van der Waals surface area (Å²) >= 11 is 1.64. The molecule has 142 valence electrons. The van der Waals surface area contributed by atoms with Crippen LogP contribution in [0.2, 0.25) is 0 Å². The number of hydrogen-bond donors (Lipinski definition) is 1. The van der Waals surface area contributed by atoms with Gasteiger partial charge in [-0.05, 0) is 36.2 Å². The van der Waals surface area contributed by atoms with Crippen molar-refractivity contribution in [1.29, 1.82) is 0 Å². The highest BCUT2D eigenvalue weighted by Crippen LogP contribution is 2.37. The predicted molar refractivity (Wildman–Crippen MR) is 104 cm³/mol. The fraction of sp³-hybridized carbons (Fsp3) is 0.737. The summed E-state index contributed by atoms with van der Waals surface area (Å²) in [6.07, 6.45) is 3.25. The smallest absolute Gasteiger partial charge is 0.338 e. The van der Waals surface area contributed by atoms with Gasteiger partial charge in [0.1, 0.15) is 6.17 Å². The second kappa shape index (κ2) is 8.60. The molecule has 1 fully saturated rings. The number of carboxylic acids is 1. The molecular formula is C19H32N2O3S. The molecule has 0 spiro atoms. The Morgan fingerprint density at radius 2 is 2.00 bits per heavy atom. The molecule has 0 amide bonds. The highest BCUT2D eigenvalue weighted by Gasteiger charge is 2.34. The van der Waals surface area contributed by atoms with Crippen molar-refractivity contribution in [3.8, 4) is 0 Å². The lowest BCUT2D eigenvalue weighted by molar-refractivity contribution is -0.132. The van der Waals surface area contributed by atoms with E-state index in [0.29, 0.717) is 5.57 Å². The Kier molecular flexibility index (Phi) is 7.00. The van der Waals surface area contributed by atoms with E-state index >= 15 is 0 Å². The molecule has 2 rings (SSSR count).